The molecule has 0 bridgehead atoms. The van der Waals surface area contributed by atoms with Gasteiger partial charge in [0.05, 0.1) is 12.7 Å². The van der Waals surface area contributed by atoms with Gasteiger partial charge >= 0.3 is 0 Å². The highest BCUT2D eigenvalue weighted by molar-refractivity contribution is 5.81. The lowest BCUT2D eigenvalue weighted by atomic mass is 10.1. The van der Waals surface area contributed by atoms with E-state index in [9.17, 15) is 4.79 Å². The Kier molecular flexibility index (Phi) is 6.21. The number of ether oxygens (including phenoxy) is 2. The van der Waals surface area contributed by atoms with Crippen LogP contribution in [-0.4, -0.2) is 31.3 Å². The van der Waals surface area contributed by atoms with Crippen LogP contribution in [0.5, 0.6) is 5.75 Å². The van der Waals surface area contributed by atoms with E-state index in [1.165, 1.54) is 0 Å². The molecule has 1 heterocycles. The van der Waals surface area contributed by atoms with Crippen LogP contribution in [0.4, 0.5) is 0 Å². The zero-order chi connectivity index (χ0) is 15.9. The van der Waals surface area contributed by atoms with Gasteiger partial charge in [0.15, 0.2) is 0 Å². The molecule has 0 saturated carbocycles. The van der Waals surface area contributed by atoms with E-state index < -0.39 is 0 Å². The van der Waals surface area contributed by atoms with Crippen LogP contribution in [0.3, 0.4) is 0 Å². The number of carbonyl (C=O) groups excluding carboxylic acids is 1. The summed E-state index contributed by atoms with van der Waals surface area (Å²) in [5, 5.41) is 2.92. The minimum atomic E-state index is -0.367. The van der Waals surface area contributed by atoms with E-state index in [1.807, 2.05) is 24.3 Å². The van der Waals surface area contributed by atoms with E-state index in [0.717, 1.165) is 24.2 Å². The molecule has 0 aliphatic carbocycles. The molecule has 3 N–H and O–H groups in total. The molecule has 5 heteroatoms. The molecular formula is C17H26N2O3. The number of carbonyl (C=O) groups is 1. The summed E-state index contributed by atoms with van der Waals surface area (Å²) in [5.74, 6) is 1.25. The second-order valence-electron chi connectivity index (χ2n) is 6.13. The molecule has 1 amide bonds. The van der Waals surface area contributed by atoms with E-state index in [4.69, 9.17) is 15.2 Å². The molecule has 1 aromatic carbocycles. The van der Waals surface area contributed by atoms with Crippen LogP contribution in [0.2, 0.25) is 0 Å². The van der Waals surface area contributed by atoms with Crippen LogP contribution < -0.4 is 15.8 Å². The summed E-state index contributed by atoms with van der Waals surface area (Å²) >= 11 is 0. The van der Waals surface area contributed by atoms with Crippen LogP contribution in [0.1, 0.15) is 32.3 Å². The third kappa shape index (κ3) is 5.00. The van der Waals surface area contributed by atoms with Gasteiger partial charge in [0.25, 0.3) is 0 Å². The van der Waals surface area contributed by atoms with E-state index in [2.05, 4.69) is 19.2 Å². The van der Waals surface area contributed by atoms with E-state index >= 15 is 0 Å². The van der Waals surface area contributed by atoms with Crippen LogP contribution in [0.25, 0.3) is 0 Å². The average Bonchev–Trinajstić information content (AvgIpc) is 3.00. The molecule has 0 aromatic heterocycles. The quantitative estimate of drug-likeness (QED) is 0.806. The summed E-state index contributed by atoms with van der Waals surface area (Å²) in [6.07, 6.45) is 1.25. The lowest BCUT2D eigenvalue weighted by molar-refractivity contribution is -0.132. The molecular weight excluding hydrogens is 280 g/mol. The number of nitrogens with one attached hydrogen (secondary N) is 1. The summed E-state index contributed by atoms with van der Waals surface area (Å²) in [6.45, 7) is 5.86. The smallest absolute Gasteiger partial charge is 0.249 e. The third-order valence-electron chi connectivity index (χ3n) is 3.61. The SMILES string of the molecule is CC(C)COc1cccc(CNC(=O)[C@@H]2CC[C@H](CN)O2)c1. The Morgan fingerprint density at radius 1 is 1.45 bits per heavy atom. The maximum absolute atomic E-state index is 12.1. The Morgan fingerprint density at radius 2 is 2.27 bits per heavy atom. The molecule has 1 aliphatic rings. The fourth-order valence-corrected chi connectivity index (χ4v) is 2.38. The topological polar surface area (TPSA) is 73.6 Å². The highest BCUT2D eigenvalue weighted by Gasteiger charge is 2.29. The predicted molar refractivity (Wildman–Crippen MR) is 85.6 cm³/mol. The Labute approximate surface area is 132 Å². The van der Waals surface area contributed by atoms with E-state index in [0.29, 0.717) is 25.6 Å². The van der Waals surface area contributed by atoms with Gasteiger partial charge in [-0.3, -0.25) is 4.79 Å². The fourth-order valence-electron chi connectivity index (χ4n) is 2.38. The van der Waals surface area contributed by atoms with Gasteiger partial charge in [-0.15, -0.1) is 0 Å². The van der Waals surface area contributed by atoms with Gasteiger partial charge in [-0.25, -0.2) is 0 Å². The molecule has 2 atom stereocenters. The van der Waals surface area contributed by atoms with Crippen molar-refractivity contribution in [3.63, 3.8) is 0 Å². The first-order valence-corrected chi connectivity index (χ1v) is 7.93. The summed E-state index contributed by atoms with van der Waals surface area (Å²) in [7, 11) is 0. The van der Waals surface area contributed by atoms with Gasteiger partial charge in [-0.2, -0.15) is 0 Å². The Morgan fingerprint density at radius 3 is 2.95 bits per heavy atom. The Bertz CT molecular complexity index is 491. The van der Waals surface area contributed by atoms with Crippen molar-refractivity contribution in [3.8, 4) is 5.75 Å². The number of hydrogen-bond acceptors (Lipinski definition) is 4. The van der Waals surface area contributed by atoms with Crippen molar-refractivity contribution in [1.82, 2.24) is 5.32 Å². The van der Waals surface area contributed by atoms with Crippen molar-refractivity contribution in [2.75, 3.05) is 13.2 Å². The zero-order valence-corrected chi connectivity index (χ0v) is 13.4. The molecule has 5 nitrogen and oxygen atoms in total. The largest absolute Gasteiger partial charge is 0.493 e. The average molecular weight is 306 g/mol. The Hall–Kier alpha value is -1.59. The van der Waals surface area contributed by atoms with Crippen molar-refractivity contribution in [2.24, 2.45) is 11.7 Å². The number of nitrogens with two attached hydrogens (primary N) is 1. The second-order valence-corrected chi connectivity index (χ2v) is 6.13. The minimum absolute atomic E-state index is 0.0171. The van der Waals surface area contributed by atoms with Gasteiger partial charge in [-0.05, 0) is 36.5 Å². The number of hydrogen-bond donors (Lipinski definition) is 2. The molecule has 0 radical (unpaired) electrons. The molecule has 122 valence electrons. The van der Waals surface area contributed by atoms with Gasteiger partial charge in [0.1, 0.15) is 11.9 Å². The Balaban J connectivity index is 1.81. The van der Waals surface area contributed by atoms with Crippen molar-refractivity contribution in [2.45, 2.75) is 45.4 Å². The molecule has 2 rings (SSSR count). The lowest BCUT2D eigenvalue weighted by Crippen LogP contribution is -2.35. The maximum atomic E-state index is 12.1. The molecule has 1 aromatic rings. The van der Waals surface area contributed by atoms with E-state index in [-0.39, 0.29) is 18.1 Å². The zero-order valence-electron chi connectivity index (χ0n) is 13.4. The summed E-state index contributed by atoms with van der Waals surface area (Å²) < 4.78 is 11.3. The van der Waals surface area contributed by atoms with E-state index in [1.54, 1.807) is 0 Å². The molecule has 0 spiro atoms. The number of amides is 1. The first-order valence-electron chi connectivity index (χ1n) is 7.93. The minimum Gasteiger partial charge on any atom is -0.493 e. The van der Waals surface area contributed by atoms with Crippen LogP contribution in [-0.2, 0) is 16.1 Å². The maximum Gasteiger partial charge on any atom is 0.249 e. The van der Waals surface area contributed by atoms with Gasteiger partial charge < -0.3 is 20.5 Å². The highest BCUT2D eigenvalue weighted by Crippen LogP contribution is 2.19. The summed E-state index contributed by atoms with van der Waals surface area (Å²) in [5.41, 5.74) is 6.57. The van der Waals surface area contributed by atoms with Crippen molar-refractivity contribution >= 4 is 5.91 Å². The van der Waals surface area contributed by atoms with Gasteiger partial charge in [-0.1, -0.05) is 26.0 Å². The highest BCUT2D eigenvalue weighted by atomic mass is 16.5. The predicted octanol–water partition coefficient (Wildman–Crippen LogP) is 1.84. The first-order chi connectivity index (χ1) is 10.6. The monoisotopic (exact) mass is 306 g/mol. The lowest BCUT2D eigenvalue weighted by Gasteiger charge is -2.13. The third-order valence-corrected chi connectivity index (χ3v) is 3.61. The van der Waals surface area contributed by atoms with Gasteiger partial charge in [0, 0.05) is 13.1 Å². The molecule has 1 aliphatic heterocycles. The van der Waals surface area contributed by atoms with Gasteiger partial charge in [0.2, 0.25) is 5.91 Å². The number of benzene rings is 1. The van der Waals surface area contributed by atoms with Crippen LogP contribution in [0.15, 0.2) is 24.3 Å². The van der Waals surface area contributed by atoms with Crippen molar-refractivity contribution in [1.29, 1.82) is 0 Å². The second kappa shape index (κ2) is 8.15. The van der Waals surface area contributed by atoms with Crippen molar-refractivity contribution in [3.05, 3.63) is 29.8 Å². The van der Waals surface area contributed by atoms with Crippen molar-refractivity contribution < 1.29 is 14.3 Å². The molecule has 1 fully saturated rings. The summed E-state index contributed by atoms with van der Waals surface area (Å²) in [6, 6.07) is 7.80. The van der Waals surface area contributed by atoms with Crippen LogP contribution in [0, 0.1) is 5.92 Å². The normalized spacial score (nSPS) is 21.1. The first kappa shape index (κ1) is 16.8. The number of rotatable bonds is 7. The standard InChI is InChI=1S/C17H26N2O3/c1-12(2)11-21-14-5-3-4-13(8-14)10-19-17(20)16-7-6-15(9-18)22-16/h3-5,8,12,15-16H,6-7,9-11,18H2,1-2H3,(H,19,20)/t15-,16+/m1/s1. The fraction of sp³-hybridized carbons (Fsp3) is 0.588. The summed E-state index contributed by atoms with van der Waals surface area (Å²) in [4.78, 5) is 12.1. The molecule has 22 heavy (non-hydrogen) atoms. The molecule has 0 unspecified atom stereocenters. The molecule has 1 saturated heterocycles. The van der Waals surface area contributed by atoms with Crippen LogP contribution >= 0.6 is 0 Å².